The van der Waals surface area contributed by atoms with E-state index in [9.17, 15) is 27.6 Å². The lowest BCUT2D eigenvalue weighted by molar-refractivity contribution is -0.137. The lowest BCUT2D eigenvalue weighted by atomic mass is 9.88. The van der Waals surface area contributed by atoms with Gasteiger partial charge in [-0.05, 0) is 55.5 Å². The van der Waals surface area contributed by atoms with E-state index in [0.717, 1.165) is 23.4 Å². The van der Waals surface area contributed by atoms with Crippen LogP contribution in [-0.2, 0) is 22.7 Å². The van der Waals surface area contributed by atoms with Crippen molar-refractivity contribution in [2.45, 2.75) is 37.1 Å². The quantitative estimate of drug-likeness (QED) is 0.587. The standard InChI is InChI=1S/C22H21F3N2O3S/c1-13-22(17-10-15(23)2-4-19(17)27(13)12-21(28)29)14-6-8-26(9-7-14)31(30)20-5-3-16(24)11-18(20)25/h2-5,10-11,14H,6-9,12H2,1H3,(H,28,29). The number of fused-ring (bicyclic) bond motifs is 1. The van der Waals surface area contributed by atoms with Crippen molar-refractivity contribution in [1.82, 2.24) is 8.87 Å². The number of aliphatic carboxylic acids is 1. The topological polar surface area (TPSA) is 68.5 Å². The van der Waals surface area contributed by atoms with Crippen LogP contribution in [-0.4, -0.2) is 37.6 Å². The third-order valence-electron chi connectivity index (χ3n) is 5.81. The van der Waals surface area contributed by atoms with Crippen molar-refractivity contribution in [3.05, 3.63) is 65.1 Å². The van der Waals surface area contributed by atoms with Gasteiger partial charge in [-0.15, -0.1) is 4.31 Å². The van der Waals surface area contributed by atoms with Crippen LogP contribution in [0, 0.1) is 24.4 Å². The van der Waals surface area contributed by atoms with Gasteiger partial charge in [0.05, 0.1) is 11.4 Å². The zero-order valence-electron chi connectivity index (χ0n) is 16.8. The molecule has 0 saturated carbocycles. The molecule has 0 amide bonds. The molecule has 0 aliphatic carbocycles. The summed E-state index contributed by atoms with van der Waals surface area (Å²) in [6.45, 7) is 2.43. The van der Waals surface area contributed by atoms with Crippen LogP contribution in [0.15, 0.2) is 41.3 Å². The minimum absolute atomic E-state index is 0.0191. The molecule has 4 rings (SSSR count). The summed E-state index contributed by atoms with van der Waals surface area (Å²) >= 11 is -1.75. The van der Waals surface area contributed by atoms with Crippen LogP contribution in [0.5, 0.6) is 0 Å². The van der Waals surface area contributed by atoms with E-state index in [1.54, 1.807) is 14.9 Å². The fraction of sp³-hybridized carbons (Fsp3) is 0.318. The third-order valence-corrected chi connectivity index (χ3v) is 7.35. The average molecular weight is 450 g/mol. The molecule has 1 aliphatic rings. The molecule has 1 fully saturated rings. The number of hydrogen-bond acceptors (Lipinski definition) is 3. The highest BCUT2D eigenvalue weighted by Crippen LogP contribution is 2.39. The van der Waals surface area contributed by atoms with Gasteiger partial charge in [-0.1, -0.05) is 0 Å². The first-order valence-corrected chi connectivity index (χ1v) is 11.0. The van der Waals surface area contributed by atoms with Crippen LogP contribution in [0.4, 0.5) is 13.2 Å². The smallest absolute Gasteiger partial charge is 0.323 e. The number of halogens is 3. The van der Waals surface area contributed by atoms with Gasteiger partial charge in [0.1, 0.15) is 18.2 Å². The summed E-state index contributed by atoms with van der Waals surface area (Å²) in [6.07, 6.45) is 1.19. The molecule has 2 heterocycles. The van der Waals surface area contributed by atoms with E-state index >= 15 is 0 Å². The molecule has 1 atom stereocenters. The monoisotopic (exact) mass is 450 g/mol. The Morgan fingerprint density at radius 3 is 2.42 bits per heavy atom. The number of rotatable bonds is 5. The second-order valence-electron chi connectivity index (χ2n) is 7.67. The number of aromatic nitrogens is 1. The molecule has 1 aromatic heterocycles. The van der Waals surface area contributed by atoms with Gasteiger partial charge in [0.15, 0.2) is 5.82 Å². The Bertz CT molecular complexity index is 1140. The Balaban J connectivity index is 1.59. The van der Waals surface area contributed by atoms with Crippen LogP contribution < -0.4 is 0 Å². The molecular formula is C22H21F3N2O3S. The Morgan fingerprint density at radius 2 is 1.77 bits per heavy atom. The van der Waals surface area contributed by atoms with Gasteiger partial charge in [-0.25, -0.2) is 13.2 Å². The van der Waals surface area contributed by atoms with Crippen molar-refractivity contribution in [2.75, 3.05) is 13.1 Å². The van der Waals surface area contributed by atoms with Crippen molar-refractivity contribution in [2.24, 2.45) is 0 Å². The highest BCUT2D eigenvalue weighted by molar-refractivity contribution is 7.89. The molecule has 0 spiro atoms. The second-order valence-corrected chi connectivity index (χ2v) is 9.12. The number of carboxylic acid groups (broad SMARTS) is 1. The summed E-state index contributed by atoms with van der Waals surface area (Å²) in [4.78, 5) is 11.3. The highest BCUT2D eigenvalue weighted by atomic mass is 32.2. The summed E-state index contributed by atoms with van der Waals surface area (Å²) in [7, 11) is 0. The maximum Gasteiger partial charge on any atom is 0.323 e. The summed E-state index contributed by atoms with van der Waals surface area (Å²) < 4.78 is 57.2. The van der Waals surface area contributed by atoms with E-state index in [1.165, 1.54) is 18.2 Å². The third kappa shape index (κ3) is 4.17. The molecule has 1 N–H and O–H groups in total. The van der Waals surface area contributed by atoms with E-state index in [0.29, 0.717) is 36.8 Å². The molecule has 1 aliphatic heterocycles. The van der Waals surface area contributed by atoms with Crippen molar-refractivity contribution in [3.63, 3.8) is 0 Å². The largest absolute Gasteiger partial charge is 0.593 e. The Kier molecular flexibility index (Phi) is 6.00. The fourth-order valence-corrected chi connectivity index (χ4v) is 5.63. The molecule has 9 heteroatoms. The maximum absolute atomic E-state index is 14.0. The number of benzene rings is 2. The predicted octanol–water partition coefficient (Wildman–Crippen LogP) is 4.35. The summed E-state index contributed by atoms with van der Waals surface area (Å²) in [6, 6.07) is 7.32. The van der Waals surface area contributed by atoms with E-state index in [2.05, 4.69) is 0 Å². The molecule has 0 radical (unpaired) electrons. The second kappa shape index (κ2) is 8.57. The first-order valence-electron chi connectivity index (χ1n) is 9.88. The average Bonchev–Trinajstić information content (AvgIpc) is 2.98. The van der Waals surface area contributed by atoms with E-state index in [-0.39, 0.29) is 17.4 Å². The number of hydrogen-bond donors (Lipinski definition) is 1. The van der Waals surface area contributed by atoms with Crippen LogP contribution in [0.25, 0.3) is 10.9 Å². The van der Waals surface area contributed by atoms with Crippen LogP contribution >= 0.6 is 0 Å². The van der Waals surface area contributed by atoms with Crippen LogP contribution in [0.3, 0.4) is 0 Å². The summed E-state index contributed by atoms with van der Waals surface area (Å²) in [5.41, 5.74) is 2.33. The summed E-state index contributed by atoms with van der Waals surface area (Å²) in [5, 5.41) is 9.96. The predicted molar refractivity (Wildman–Crippen MR) is 111 cm³/mol. The lowest BCUT2D eigenvalue weighted by Crippen LogP contribution is -2.38. The number of nitrogens with zero attached hydrogens (tertiary/aromatic N) is 2. The zero-order chi connectivity index (χ0) is 22.3. The van der Waals surface area contributed by atoms with Gasteiger partial charge in [0.25, 0.3) is 0 Å². The van der Waals surface area contributed by atoms with Crippen LogP contribution in [0.1, 0.15) is 30.0 Å². The van der Waals surface area contributed by atoms with Gasteiger partial charge < -0.3 is 14.2 Å². The van der Waals surface area contributed by atoms with Gasteiger partial charge >= 0.3 is 5.97 Å². The van der Waals surface area contributed by atoms with Gasteiger partial charge in [-0.2, -0.15) is 0 Å². The molecule has 164 valence electrons. The zero-order valence-corrected chi connectivity index (χ0v) is 17.6. The minimum Gasteiger partial charge on any atom is -0.593 e. The minimum atomic E-state index is -1.75. The SMILES string of the molecule is Cc1c(C2CCN([S+]([O-])c3ccc(F)cc3F)CC2)c2cc(F)ccc2n1CC(=O)O. The first-order chi connectivity index (χ1) is 14.8. The van der Waals surface area contributed by atoms with Gasteiger partial charge in [0, 0.05) is 41.8 Å². The molecule has 1 saturated heterocycles. The summed E-state index contributed by atoms with van der Waals surface area (Å²) in [5.74, 6) is -2.93. The molecule has 31 heavy (non-hydrogen) atoms. The number of carboxylic acids is 1. The molecule has 1 unspecified atom stereocenters. The normalized spacial score (nSPS) is 16.7. The maximum atomic E-state index is 14.0. The van der Waals surface area contributed by atoms with Crippen molar-refractivity contribution in [1.29, 1.82) is 0 Å². The molecular weight excluding hydrogens is 429 g/mol. The van der Waals surface area contributed by atoms with Gasteiger partial charge in [0.2, 0.25) is 4.90 Å². The molecule has 3 aromatic rings. The van der Waals surface area contributed by atoms with E-state index in [4.69, 9.17) is 0 Å². The molecule has 2 aromatic carbocycles. The van der Waals surface area contributed by atoms with Crippen LogP contribution in [0.2, 0.25) is 0 Å². The number of piperidine rings is 1. The Morgan fingerprint density at radius 1 is 1.13 bits per heavy atom. The fourth-order valence-electron chi connectivity index (χ4n) is 4.40. The highest BCUT2D eigenvalue weighted by Gasteiger charge is 2.33. The van der Waals surface area contributed by atoms with Gasteiger partial charge in [-0.3, -0.25) is 4.79 Å². The van der Waals surface area contributed by atoms with Crippen molar-refractivity contribution < 1.29 is 27.6 Å². The number of carbonyl (C=O) groups is 1. The Labute approximate surface area is 180 Å². The molecule has 0 bridgehead atoms. The van der Waals surface area contributed by atoms with E-state index in [1.807, 2.05) is 6.92 Å². The first kappa shape index (κ1) is 21.7. The Hall–Kier alpha value is -2.49. The van der Waals surface area contributed by atoms with Crippen molar-refractivity contribution >= 4 is 28.2 Å². The van der Waals surface area contributed by atoms with E-state index < -0.39 is 34.8 Å². The molecule has 5 nitrogen and oxygen atoms in total. The lowest BCUT2D eigenvalue weighted by Gasteiger charge is -2.32. The van der Waals surface area contributed by atoms with Crippen molar-refractivity contribution in [3.8, 4) is 0 Å².